The molecule has 0 radical (unpaired) electrons. The predicted octanol–water partition coefficient (Wildman–Crippen LogP) is 4.53. The molecule has 7 nitrogen and oxygen atoms in total. The number of unbranched alkanes of at least 4 members (excludes halogenated alkanes) is 1. The molecule has 168 valence electrons. The molecule has 0 saturated heterocycles. The van der Waals surface area contributed by atoms with E-state index in [-0.39, 0.29) is 5.91 Å². The van der Waals surface area contributed by atoms with Crippen LogP contribution in [0.4, 0.5) is 0 Å². The third-order valence-electron chi connectivity index (χ3n) is 4.62. The highest BCUT2D eigenvalue weighted by molar-refractivity contribution is 5.94. The number of amides is 1. The van der Waals surface area contributed by atoms with E-state index in [1.54, 1.807) is 18.2 Å². The van der Waals surface area contributed by atoms with Crippen LogP contribution in [-0.2, 0) is 0 Å². The summed E-state index contributed by atoms with van der Waals surface area (Å²) in [5.74, 6) is 1.83. The average Bonchev–Trinajstić information content (AvgIpc) is 2.83. The van der Waals surface area contributed by atoms with Gasteiger partial charge < -0.3 is 19.5 Å². The molecular weight excluding hydrogens is 406 g/mol. The molecule has 1 amide bonds. The third-order valence-corrected chi connectivity index (χ3v) is 4.62. The molecule has 1 aromatic heterocycles. The highest BCUT2D eigenvalue weighted by Gasteiger charge is 2.06. The summed E-state index contributed by atoms with van der Waals surface area (Å²) in [6.45, 7) is 6.03. The van der Waals surface area contributed by atoms with Crippen molar-refractivity contribution < 1.29 is 19.0 Å². The fraction of sp³-hybridized carbons (Fsp3) is 0.320. The maximum Gasteiger partial charge on any atom is 0.251 e. The predicted molar refractivity (Wildman–Crippen MR) is 123 cm³/mol. The van der Waals surface area contributed by atoms with Gasteiger partial charge in [0.1, 0.15) is 18.1 Å². The van der Waals surface area contributed by atoms with Gasteiger partial charge in [-0.15, -0.1) is 10.2 Å². The first-order valence-electron chi connectivity index (χ1n) is 10.9. The highest BCUT2D eigenvalue weighted by atomic mass is 16.5. The first-order valence-corrected chi connectivity index (χ1v) is 10.9. The van der Waals surface area contributed by atoms with Crippen molar-refractivity contribution in [1.82, 2.24) is 15.5 Å². The molecular formula is C25H29N3O4. The molecule has 7 heteroatoms. The number of nitrogens with zero attached hydrogens (tertiary/aromatic N) is 2. The average molecular weight is 436 g/mol. The van der Waals surface area contributed by atoms with Gasteiger partial charge >= 0.3 is 0 Å². The van der Waals surface area contributed by atoms with Gasteiger partial charge in [0.05, 0.1) is 25.5 Å². The summed E-state index contributed by atoms with van der Waals surface area (Å²) >= 11 is 0. The Kier molecular flexibility index (Phi) is 8.86. The fourth-order valence-electron chi connectivity index (χ4n) is 2.90. The summed E-state index contributed by atoms with van der Waals surface area (Å²) in [5, 5.41) is 11.1. The molecule has 0 aliphatic carbocycles. The highest BCUT2D eigenvalue weighted by Crippen LogP contribution is 2.21. The molecule has 2 aromatic carbocycles. The number of hydrogen-bond acceptors (Lipinski definition) is 6. The Bertz CT molecular complexity index is 958. The van der Waals surface area contributed by atoms with Crippen LogP contribution in [-0.4, -0.2) is 42.5 Å². The number of carbonyl (C=O) groups is 1. The lowest BCUT2D eigenvalue weighted by Gasteiger charge is -2.09. The quantitative estimate of drug-likeness (QED) is 0.421. The van der Waals surface area contributed by atoms with E-state index in [9.17, 15) is 4.79 Å². The molecule has 0 aliphatic heterocycles. The summed E-state index contributed by atoms with van der Waals surface area (Å²) in [6, 6.07) is 18.4. The summed E-state index contributed by atoms with van der Waals surface area (Å²) in [5.41, 5.74) is 2.27. The van der Waals surface area contributed by atoms with Crippen LogP contribution in [0.3, 0.4) is 0 Å². The normalized spacial score (nSPS) is 10.4. The summed E-state index contributed by atoms with van der Waals surface area (Å²) in [6.07, 6.45) is 2.10. The minimum Gasteiger partial charge on any atom is -0.494 e. The Morgan fingerprint density at radius 1 is 0.812 bits per heavy atom. The van der Waals surface area contributed by atoms with Gasteiger partial charge in [0.25, 0.3) is 5.91 Å². The van der Waals surface area contributed by atoms with Crippen LogP contribution in [0.2, 0.25) is 0 Å². The van der Waals surface area contributed by atoms with Crippen molar-refractivity contribution in [2.75, 3.05) is 26.4 Å². The van der Waals surface area contributed by atoms with E-state index < -0.39 is 0 Å². The van der Waals surface area contributed by atoms with E-state index in [4.69, 9.17) is 14.2 Å². The molecule has 3 aromatic rings. The zero-order valence-corrected chi connectivity index (χ0v) is 18.5. The van der Waals surface area contributed by atoms with Crippen molar-refractivity contribution >= 4 is 5.91 Å². The zero-order valence-electron chi connectivity index (χ0n) is 18.5. The number of carbonyl (C=O) groups excluding carboxylic acids is 1. The number of aromatic nitrogens is 2. The molecule has 0 aliphatic rings. The van der Waals surface area contributed by atoms with Crippen LogP contribution in [0.5, 0.6) is 17.4 Å². The monoisotopic (exact) mass is 435 g/mol. The van der Waals surface area contributed by atoms with Crippen LogP contribution < -0.4 is 19.5 Å². The molecule has 1 N–H and O–H groups in total. The van der Waals surface area contributed by atoms with Crippen molar-refractivity contribution in [2.24, 2.45) is 0 Å². The maximum atomic E-state index is 12.2. The van der Waals surface area contributed by atoms with E-state index in [0.29, 0.717) is 37.8 Å². The molecule has 0 spiro atoms. The summed E-state index contributed by atoms with van der Waals surface area (Å²) in [7, 11) is 0. The van der Waals surface area contributed by atoms with E-state index in [0.717, 1.165) is 35.6 Å². The van der Waals surface area contributed by atoms with Crippen LogP contribution in [0, 0.1) is 0 Å². The second kappa shape index (κ2) is 12.3. The Hall–Kier alpha value is -3.61. The fourth-order valence-corrected chi connectivity index (χ4v) is 2.90. The van der Waals surface area contributed by atoms with Crippen LogP contribution in [0.15, 0.2) is 60.7 Å². The van der Waals surface area contributed by atoms with Gasteiger partial charge in [-0.1, -0.05) is 13.3 Å². The SMILES string of the molecule is CCCCOc1ccc(C(=O)NCCOc2ccc(-c3ccc(OCC)cc3)nn2)cc1. The Labute approximate surface area is 188 Å². The molecule has 0 atom stereocenters. The molecule has 0 unspecified atom stereocenters. The Morgan fingerprint density at radius 3 is 2.19 bits per heavy atom. The topological polar surface area (TPSA) is 82.6 Å². The molecule has 1 heterocycles. The summed E-state index contributed by atoms with van der Waals surface area (Å²) < 4.78 is 16.6. The van der Waals surface area contributed by atoms with Gasteiger partial charge in [-0.2, -0.15) is 0 Å². The van der Waals surface area contributed by atoms with E-state index in [1.165, 1.54) is 0 Å². The van der Waals surface area contributed by atoms with Gasteiger partial charge in [-0.25, -0.2) is 0 Å². The largest absolute Gasteiger partial charge is 0.494 e. The third kappa shape index (κ3) is 6.97. The first-order chi connectivity index (χ1) is 15.7. The number of rotatable bonds is 12. The van der Waals surface area contributed by atoms with E-state index in [1.807, 2.05) is 49.4 Å². The van der Waals surface area contributed by atoms with Crippen molar-refractivity contribution in [2.45, 2.75) is 26.7 Å². The van der Waals surface area contributed by atoms with Gasteiger partial charge in [0, 0.05) is 17.2 Å². The molecule has 0 saturated carbocycles. The van der Waals surface area contributed by atoms with Gasteiger partial charge in [0.2, 0.25) is 5.88 Å². The number of hydrogen-bond donors (Lipinski definition) is 1. The van der Waals surface area contributed by atoms with Crippen LogP contribution in [0.1, 0.15) is 37.0 Å². The zero-order chi connectivity index (χ0) is 22.6. The molecule has 0 bridgehead atoms. The molecule has 3 rings (SSSR count). The number of nitrogens with one attached hydrogen (secondary N) is 1. The Morgan fingerprint density at radius 2 is 1.53 bits per heavy atom. The minimum absolute atomic E-state index is 0.161. The van der Waals surface area contributed by atoms with Crippen molar-refractivity contribution in [3.8, 4) is 28.6 Å². The summed E-state index contributed by atoms with van der Waals surface area (Å²) in [4.78, 5) is 12.2. The van der Waals surface area contributed by atoms with Crippen molar-refractivity contribution in [3.63, 3.8) is 0 Å². The maximum absolute atomic E-state index is 12.2. The van der Waals surface area contributed by atoms with Crippen LogP contribution in [0.25, 0.3) is 11.3 Å². The van der Waals surface area contributed by atoms with Crippen molar-refractivity contribution in [3.05, 3.63) is 66.2 Å². The molecule has 32 heavy (non-hydrogen) atoms. The molecule has 0 fully saturated rings. The number of benzene rings is 2. The lowest BCUT2D eigenvalue weighted by molar-refractivity contribution is 0.0946. The van der Waals surface area contributed by atoms with Gasteiger partial charge in [0.15, 0.2) is 0 Å². The first kappa shape index (κ1) is 23.1. The minimum atomic E-state index is -0.161. The van der Waals surface area contributed by atoms with Crippen LogP contribution >= 0.6 is 0 Å². The lowest BCUT2D eigenvalue weighted by atomic mass is 10.1. The van der Waals surface area contributed by atoms with E-state index >= 15 is 0 Å². The smallest absolute Gasteiger partial charge is 0.251 e. The second-order valence-electron chi connectivity index (χ2n) is 7.04. The number of ether oxygens (including phenoxy) is 3. The lowest BCUT2D eigenvalue weighted by Crippen LogP contribution is -2.28. The second-order valence-corrected chi connectivity index (χ2v) is 7.04. The Balaban J connectivity index is 1.41. The van der Waals surface area contributed by atoms with Gasteiger partial charge in [-0.05, 0) is 67.9 Å². The van der Waals surface area contributed by atoms with E-state index in [2.05, 4.69) is 22.4 Å². The standard InChI is InChI=1S/C25H29N3O4/c1-3-5-17-31-22-12-8-20(9-13-22)25(29)26-16-18-32-24-15-14-23(27-28-24)19-6-10-21(11-7-19)30-4-2/h6-15H,3-5,16-18H2,1-2H3,(H,26,29). The van der Waals surface area contributed by atoms with Crippen molar-refractivity contribution in [1.29, 1.82) is 0 Å². The van der Waals surface area contributed by atoms with Gasteiger partial charge in [-0.3, -0.25) is 4.79 Å².